The summed E-state index contributed by atoms with van der Waals surface area (Å²) in [7, 11) is 1.44. The molecule has 1 atom stereocenters. The number of aromatic nitrogens is 2. The van der Waals surface area contributed by atoms with Crippen LogP contribution in [0, 0.1) is 6.92 Å². The molecule has 1 aliphatic heterocycles. The van der Waals surface area contributed by atoms with Crippen molar-refractivity contribution in [3.63, 3.8) is 0 Å². The molecule has 1 aromatic heterocycles. The van der Waals surface area contributed by atoms with Crippen LogP contribution in [-0.4, -0.2) is 22.6 Å². The van der Waals surface area contributed by atoms with Gasteiger partial charge in [0.15, 0.2) is 0 Å². The summed E-state index contributed by atoms with van der Waals surface area (Å²) in [6.45, 7) is 2.98. The maximum atomic E-state index is 11.9. The minimum absolute atomic E-state index is 0.165. The van der Waals surface area contributed by atoms with Crippen molar-refractivity contribution in [2.24, 2.45) is 0 Å². The van der Waals surface area contributed by atoms with Crippen LogP contribution < -0.4 is 0 Å². The van der Waals surface area contributed by atoms with Crippen molar-refractivity contribution < 1.29 is 9.53 Å². The molecule has 1 unspecified atom stereocenters. The molecule has 0 saturated heterocycles. The monoisotopic (exact) mass is 270 g/mol. The summed E-state index contributed by atoms with van der Waals surface area (Å²) in [6.07, 6.45) is 3.63. The van der Waals surface area contributed by atoms with Gasteiger partial charge in [-0.2, -0.15) is 0 Å². The molecule has 0 saturated carbocycles. The SMILES string of the molecule is COC(=O)C1CCCn2c1cnc2-c1cccc(C)c1. The Bertz CT molecular complexity index is 646. The molecule has 2 heterocycles. The van der Waals surface area contributed by atoms with Gasteiger partial charge in [-0.25, -0.2) is 4.98 Å². The van der Waals surface area contributed by atoms with E-state index in [2.05, 4.69) is 34.7 Å². The van der Waals surface area contributed by atoms with Crippen molar-refractivity contribution in [3.8, 4) is 11.4 Å². The van der Waals surface area contributed by atoms with Gasteiger partial charge < -0.3 is 9.30 Å². The first-order valence-electron chi connectivity index (χ1n) is 6.91. The third-order valence-electron chi connectivity index (χ3n) is 3.88. The maximum Gasteiger partial charge on any atom is 0.314 e. The van der Waals surface area contributed by atoms with Crippen LogP contribution in [0.15, 0.2) is 30.5 Å². The first-order valence-corrected chi connectivity index (χ1v) is 6.91. The molecule has 1 aliphatic rings. The van der Waals surface area contributed by atoms with Gasteiger partial charge in [0.2, 0.25) is 0 Å². The lowest BCUT2D eigenvalue weighted by Gasteiger charge is -2.23. The number of rotatable bonds is 2. The van der Waals surface area contributed by atoms with Crippen LogP contribution in [0.25, 0.3) is 11.4 Å². The number of imidazole rings is 1. The minimum atomic E-state index is -0.181. The number of ether oxygens (including phenoxy) is 1. The van der Waals surface area contributed by atoms with E-state index >= 15 is 0 Å². The van der Waals surface area contributed by atoms with Gasteiger partial charge in [-0.1, -0.05) is 23.8 Å². The quantitative estimate of drug-likeness (QED) is 0.788. The van der Waals surface area contributed by atoms with Crippen LogP contribution in [0.3, 0.4) is 0 Å². The normalized spacial score (nSPS) is 17.6. The fourth-order valence-electron chi connectivity index (χ4n) is 2.90. The summed E-state index contributed by atoms with van der Waals surface area (Å²) < 4.78 is 7.05. The number of fused-ring (bicyclic) bond motifs is 1. The number of aryl methyl sites for hydroxylation is 1. The third-order valence-corrected chi connectivity index (χ3v) is 3.88. The summed E-state index contributed by atoms with van der Waals surface area (Å²) in [5.74, 6) is 0.596. The molecule has 4 nitrogen and oxygen atoms in total. The highest BCUT2D eigenvalue weighted by Gasteiger charge is 2.29. The number of hydrogen-bond donors (Lipinski definition) is 0. The van der Waals surface area contributed by atoms with Crippen molar-refractivity contribution in [2.45, 2.75) is 32.2 Å². The van der Waals surface area contributed by atoms with E-state index in [9.17, 15) is 4.79 Å². The molecule has 0 bridgehead atoms. The molecule has 3 rings (SSSR count). The van der Waals surface area contributed by atoms with Gasteiger partial charge in [0.25, 0.3) is 0 Å². The average molecular weight is 270 g/mol. The van der Waals surface area contributed by atoms with Gasteiger partial charge in [-0.05, 0) is 25.8 Å². The zero-order valence-electron chi connectivity index (χ0n) is 11.8. The predicted molar refractivity (Wildman–Crippen MR) is 76.4 cm³/mol. The molecule has 0 amide bonds. The Kier molecular flexibility index (Phi) is 3.30. The number of carbonyl (C=O) groups is 1. The summed E-state index contributed by atoms with van der Waals surface area (Å²) in [5, 5.41) is 0. The van der Waals surface area contributed by atoms with E-state index < -0.39 is 0 Å². The Morgan fingerprint density at radius 2 is 2.30 bits per heavy atom. The number of hydrogen-bond acceptors (Lipinski definition) is 3. The predicted octanol–water partition coefficient (Wildman–Crippen LogP) is 2.91. The van der Waals surface area contributed by atoms with Crippen LogP contribution >= 0.6 is 0 Å². The Balaban J connectivity index is 2.04. The largest absolute Gasteiger partial charge is 0.469 e. The minimum Gasteiger partial charge on any atom is -0.469 e. The van der Waals surface area contributed by atoms with E-state index in [1.807, 2.05) is 12.3 Å². The fraction of sp³-hybridized carbons (Fsp3) is 0.375. The van der Waals surface area contributed by atoms with Crippen LogP contribution in [0.2, 0.25) is 0 Å². The molecule has 104 valence electrons. The molecule has 2 aromatic rings. The van der Waals surface area contributed by atoms with Gasteiger partial charge in [-0.3, -0.25) is 4.79 Å². The highest BCUT2D eigenvalue weighted by atomic mass is 16.5. The smallest absolute Gasteiger partial charge is 0.314 e. The molecule has 4 heteroatoms. The highest BCUT2D eigenvalue weighted by molar-refractivity contribution is 5.78. The van der Waals surface area contributed by atoms with Gasteiger partial charge in [-0.15, -0.1) is 0 Å². The maximum absolute atomic E-state index is 11.9. The first-order chi connectivity index (χ1) is 9.70. The van der Waals surface area contributed by atoms with E-state index in [0.717, 1.165) is 36.5 Å². The lowest BCUT2D eigenvalue weighted by atomic mass is 9.96. The molecule has 20 heavy (non-hydrogen) atoms. The lowest BCUT2D eigenvalue weighted by molar-refractivity contribution is -0.143. The van der Waals surface area contributed by atoms with Crippen molar-refractivity contribution in [2.75, 3.05) is 7.11 Å². The topological polar surface area (TPSA) is 44.1 Å². The summed E-state index contributed by atoms with van der Waals surface area (Å²) in [6, 6.07) is 8.29. The molecule has 1 aromatic carbocycles. The molecule has 0 spiro atoms. The number of nitrogens with zero attached hydrogens (tertiary/aromatic N) is 2. The Morgan fingerprint density at radius 3 is 3.05 bits per heavy atom. The molecule has 0 fully saturated rings. The van der Waals surface area contributed by atoms with Crippen LogP contribution in [-0.2, 0) is 16.1 Å². The van der Waals surface area contributed by atoms with Crippen molar-refractivity contribution in [1.29, 1.82) is 0 Å². The van der Waals surface area contributed by atoms with Crippen molar-refractivity contribution in [3.05, 3.63) is 41.7 Å². The summed E-state index contributed by atoms with van der Waals surface area (Å²) >= 11 is 0. The van der Waals surface area contributed by atoms with Gasteiger partial charge in [0, 0.05) is 18.3 Å². The molecule has 0 radical (unpaired) electrons. The number of methoxy groups -OCH3 is 1. The lowest BCUT2D eigenvalue weighted by Crippen LogP contribution is -2.23. The zero-order valence-corrected chi connectivity index (χ0v) is 11.8. The van der Waals surface area contributed by atoms with E-state index in [1.165, 1.54) is 12.7 Å². The third kappa shape index (κ3) is 2.11. The van der Waals surface area contributed by atoms with E-state index in [4.69, 9.17) is 4.74 Å². The van der Waals surface area contributed by atoms with Gasteiger partial charge in [0.05, 0.1) is 18.7 Å². The molecular formula is C16H18N2O2. The zero-order chi connectivity index (χ0) is 14.1. The van der Waals surface area contributed by atoms with E-state index in [0.29, 0.717) is 0 Å². The van der Waals surface area contributed by atoms with Crippen LogP contribution in [0.5, 0.6) is 0 Å². The highest BCUT2D eigenvalue weighted by Crippen LogP contribution is 2.32. The average Bonchev–Trinajstić information content (AvgIpc) is 2.90. The summed E-state index contributed by atoms with van der Waals surface area (Å²) in [5.41, 5.74) is 3.28. The molecule has 0 aliphatic carbocycles. The van der Waals surface area contributed by atoms with Crippen LogP contribution in [0.4, 0.5) is 0 Å². The van der Waals surface area contributed by atoms with Gasteiger partial charge in [0.1, 0.15) is 5.82 Å². The number of carbonyl (C=O) groups excluding carboxylic acids is 1. The standard InChI is InChI=1S/C16H18N2O2/c1-11-5-3-6-12(9-11)15-17-10-14-13(16(19)20-2)7-4-8-18(14)15/h3,5-6,9-10,13H,4,7-8H2,1-2H3. The Hall–Kier alpha value is -2.10. The molecular weight excluding hydrogens is 252 g/mol. The van der Waals surface area contributed by atoms with Crippen molar-refractivity contribution in [1.82, 2.24) is 9.55 Å². The second-order valence-corrected chi connectivity index (χ2v) is 5.25. The number of esters is 1. The Labute approximate surface area is 118 Å². The Morgan fingerprint density at radius 1 is 1.45 bits per heavy atom. The van der Waals surface area contributed by atoms with E-state index in [1.54, 1.807) is 0 Å². The number of benzene rings is 1. The second kappa shape index (κ2) is 5.12. The fourth-order valence-corrected chi connectivity index (χ4v) is 2.90. The van der Waals surface area contributed by atoms with Crippen molar-refractivity contribution >= 4 is 5.97 Å². The van der Waals surface area contributed by atoms with Crippen LogP contribution in [0.1, 0.15) is 30.0 Å². The van der Waals surface area contributed by atoms with E-state index in [-0.39, 0.29) is 11.9 Å². The molecule has 0 N–H and O–H groups in total. The summed E-state index contributed by atoms with van der Waals surface area (Å²) in [4.78, 5) is 16.4. The second-order valence-electron chi connectivity index (χ2n) is 5.25. The van der Waals surface area contributed by atoms with Gasteiger partial charge >= 0.3 is 5.97 Å². The first kappa shape index (κ1) is 12.9.